The van der Waals surface area contributed by atoms with Crippen LogP contribution in [0.15, 0.2) is 29.6 Å². The van der Waals surface area contributed by atoms with E-state index in [2.05, 4.69) is 9.80 Å². The van der Waals surface area contributed by atoms with Crippen LogP contribution in [0.3, 0.4) is 0 Å². The number of nitrogens with zero attached hydrogens (tertiary/aromatic N) is 3. The average Bonchev–Trinajstić information content (AvgIpc) is 3.36. The van der Waals surface area contributed by atoms with Gasteiger partial charge in [0.1, 0.15) is 0 Å². The number of aromatic nitrogens is 1. The largest absolute Gasteiger partial charge is 0.478 e. The first-order valence-electron chi connectivity index (χ1n) is 12.5. The van der Waals surface area contributed by atoms with E-state index < -0.39 is 0 Å². The molecule has 0 saturated carbocycles. The van der Waals surface area contributed by atoms with Gasteiger partial charge in [-0.05, 0) is 45.7 Å². The summed E-state index contributed by atoms with van der Waals surface area (Å²) in [5.41, 5.74) is 2.53. The number of likely N-dealkylation sites (tertiary alicyclic amines) is 1. The molecule has 2 heterocycles. The van der Waals surface area contributed by atoms with Crippen LogP contribution in [-0.4, -0.2) is 79.8 Å². The van der Waals surface area contributed by atoms with Crippen LogP contribution in [0.25, 0.3) is 11.3 Å². The number of thiazole rings is 1. The molecule has 1 aromatic heterocycles. The zero-order chi connectivity index (χ0) is 25.9. The number of rotatable bonds is 12. The quantitative estimate of drug-likeness (QED) is 0.257. The fourth-order valence-corrected chi connectivity index (χ4v) is 5.14. The van der Waals surface area contributed by atoms with Crippen LogP contribution < -0.4 is 4.90 Å². The molecule has 0 unspecified atom stereocenters. The molecule has 196 valence electrons. The Morgan fingerprint density at radius 2 is 1.67 bits per heavy atom. The van der Waals surface area contributed by atoms with Crippen molar-refractivity contribution in [1.29, 1.82) is 5.41 Å². The second-order valence-electron chi connectivity index (χ2n) is 8.42. The number of carbonyl (C=O) groups is 2. The van der Waals surface area contributed by atoms with Gasteiger partial charge in [0.05, 0.1) is 38.5 Å². The van der Waals surface area contributed by atoms with E-state index in [1.165, 1.54) is 0 Å². The van der Waals surface area contributed by atoms with Crippen LogP contribution in [0.4, 0.5) is 5.13 Å². The number of nitrogens with one attached hydrogen (secondary N) is 1. The minimum atomic E-state index is -0.216. The SMILES string of the molecule is CCOC(=N)c1ccc(-c2csc(N(CCC(=O)OCC)C3CCN(CC(=O)OCC)CC3)n2)cc1. The monoisotopic (exact) mass is 516 g/mol. The Labute approximate surface area is 216 Å². The third-order valence-electron chi connectivity index (χ3n) is 5.99. The van der Waals surface area contributed by atoms with Gasteiger partial charge in [0.2, 0.25) is 5.90 Å². The molecule has 0 radical (unpaired) electrons. The highest BCUT2D eigenvalue weighted by molar-refractivity contribution is 7.14. The molecule has 1 N–H and O–H groups in total. The van der Waals surface area contributed by atoms with Crippen molar-refractivity contribution >= 4 is 34.3 Å². The second kappa shape index (κ2) is 13.9. The van der Waals surface area contributed by atoms with Crippen LogP contribution >= 0.6 is 11.3 Å². The summed E-state index contributed by atoms with van der Waals surface area (Å²) in [7, 11) is 0. The molecule has 1 saturated heterocycles. The van der Waals surface area contributed by atoms with Gasteiger partial charge in [0.25, 0.3) is 0 Å². The van der Waals surface area contributed by atoms with E-state index in [9.17, 15) is 9.59 Å². The van der Waals surface area contributed by atoms with Gasteiger partial charge in [0, 0.05) is 42.2 Å². The number of ether oxygens (including phenoxy) is 3. The Morgan fingerprint density at radius 1 is 1.03 bits per heavy atom. The molecule has 0 atom stereocenters. The fourth-order valence-electron chi connectivity index (χ4n) is 4.21. The van der Waals surface area contributed by atoms with E-state index in [4.69, 9.17) is 24.6 Å². The van der Waals surface area contributed by atoms with E-state index in [-0.39, 0.29) is 23.9 Å². The number of hydrogen-bond donors (Lipinski definition) is 1. The summed E-state index contributed by atoms with van der Waals surface area (Å²) >= 11 is 1.56. The molecule has 0 bridgehead atoms. The third-order valence-corrected chi connectivity index (χ3v) is 6.87. The van der Waals surface area contributed by atoms with Crippen LogP contribution in [0.5, 0.6) is 0 Å². The molecule has 1 aromatic carbocycles. The average molecular weight is 517 g/mol. The van der Waals surface area contributed by atoms with Crippen molar-refractivity contribution in [3.63, 3.8) is 0 Å². The Bertz CT molecular complexity index is 1000. The number of benzene rings is 1. The molecule has 1 fully saturated rings. The Morgan fingerprint density at radius 3 is 2.31 bits per heavy atom. The molecule has 0 spiro atoms. The van der Waals surface area contributed by atoms with Gasteiger partial charge in [-0.1, -0.05) is 12.1 Å². The van der Waals surface area contributed by atoms with Crippen molar-refractivity contribution in [3.8, 4) is 11.3 Å². The molecule has 36 heavy (non-hydrogen) atoms. The van der Waals surface area contributed by atoms with Crippen molar-refractivity contribution in [2.45, 2.75) is 46.1 Å². The molecule has 1 aliphatic heterocycles. The van der Waals surface area contributed by atoms with Crippen molar-refractivity contribution in [2.75, 3.05) is 50.9 Å². The first-order valence-corrected chi connectivity index (χ1v) is 13.4. The van der Waals surface area contributed by atoms with Gasteiger partial charge in [-0.3, -0.25) is 19.9 Å². The van der Waals surface area contributed by atoms with Gasteiger partial charge in [-0.15, -0.1) is 11.3 Å². The number of anilines is 1. The minimum absolute atomic E-state index is 0.155. The highest BCUT2D eigenvalue weighted by Crippen LogP contribution is 2.31. The van der Waals surface area contributed by atoms with Gasteiger partial charge in [0.15, 0.2) is 5.13 Å². The molecule has 2 aromatic rings. The zero-order valence-corrected chi connectivity index (χ0v) is 22.1. The Hall–Kier alpha value is -2.98. The van der Waals surface area contributed by atoms with Gasteiger partial charge < -0.3 is 19.1 Å². The topological polar surface area (TPSA) is 105 Å². The normalized spacial score (nSPS) is 14.3. The predicted octanol–water partition coefficient (Wildman–Crippen LogP) is 3.96. The fraction of sp³-hybridized carbons (Fsp3) is 0.538. The van der Waals surface area contributed by atoms with Crippen molar-refractivity contribution in [3.05, 3.63) is 35.2 Å². The maximum atomic E-state index is 12.1. The Kier molecular flexibility index (Phi) is 10.7. The number of carbonyl (C=O) groups excluding carboxylic acids is 2. The summed E-state index contributed by atoms with van der Waals surface area (Å²) in [6, 6.07) is 7.83. The highest BCUT2D eigenvalue weighted by Gasteiger charge is 2.28. The highest BCUT2D eigenvalue weighted by atomic mass is 32.1. The van der Waals surface area contributed by atoms with E-state index in [1.807, 2.05) is 50.4 Å². The molecule has 3 rings (SSSR count). The van der Waals surface area contributed by atoms with Crippen LogP contribution in [-0.2, 0) is 23.8 Å². The molecular formula is C26H36N4O5S. The molecular weight excluding hydrogens is 480 g/mol. The Balaban J connectivity index is 1.71. The summed E-state index contributed by atoms with van der Waals surface area (Å²) in [5, 5.41) is 10.8. The number of piperidine rings is 1. The van der Waals surface area contributed by atoms with E-state index in [1.54, 1.807) is 11.3 Å². The molecule has 9 nitrogen and oxygen atoms in total. The first kappa shape index (κ1) is 27.6. The second-order valence-corrected chi connectivity index (χ2v) is 9.25. The standard InChI is InChI=1S/C26H36N4O5S/c1-4-33-23(31)13-16-30(21-11-14-29(15-12-21)17-24(32)34-5-2)26-28-22(18-36-26)19-7-9-20(10-8-19)25(27)35-6-3/h7-10,18,21,27H,4-6,11-17H2,1-3H3. The van der Waals surface area contributed by atoms with E-state index in [0.29, 0.717) is 39.3 Å². The van der Waals surface area contributed by atoms with E-state index >= 15 is 0 Å². The lowest BCUT2D eigenvalue weighted by atomic mass is 10.0. The summed E-state index contributed by atoms with van der Waals surface area (Å²) < 4.78 is 15.5. The minimum Gasteiger partial charge on any atom is -0.478 e. The summed E-state index contributed by atoms with van der Waals surface area (Å²) in [6.07, 6.45) is 2.02. The lowest BCUT2D eigenvalue weighted by molar-refractivity contribution is -0.145. The molecule has 0 aliphatic carbocycles. The lowest BCUT2D eigenvalue weighted by Gasteiger charge is -2.38. The van der Waals surface area contributed by atoms with Crippen LogP contribution in [0.2, 0.25) is 0 Å². The maximum absolute atomic E-state index is 12.1. The smallest absolute Gasteiger partial charge is 0.320 e. The van der Waals surface area contributed by atoms with Gasteiger partial charge in [-0.25, -0.2) is 4.98 Å². The van der Waals surface area contributed by atoms with E-state index in [0.717, 1.165) is 47.9 Å². The zero-order valence-electron chi connectivity index (χ0n) is 21.3. The van der Waals surface area contributed by atoms with Crippen molar-refractivity contribution in [1.82, 2.24) is 9.88 Å². The van der Waals surface area contributed by atoms with Crippen LogP contribution in [0, 0.1) is 5.41 Å². The summed E-state index contributed by atoms with van der Waals surface area (Å²) in [4.78, 5) is 33.2. The van der Waals surface area contributed by atoms with Crippen molar-refractivity contribution in [2.24, 2.45) is 0 Å². The number of hydrogen-bond acceptors (Lipinski definition) is 10. The number of esters is 2. The van der Waals surface area contributed by atoms with Crippen molar-refractivity contribution < 1.29 is 23.8 Å². The maximum Gasteiger partial charge on any atom is 0.320 e. The molecule has 10 heteroatoms. The summed E-state index contributed by atoms with van der Waals surface area (Å²) in [5.74, 6) is -0.254. The molecule has 0 amide bonds. The predicted molar refractivity (Wildman–Crippen MR) is 141 cm³/mol. The molecule has 1 aliphatic rings. The van der Waals surface area contributed by atoms with Gasteiger partial charge >= 0.3 is 11.9 Å². The third kappa shape index (κ3) is 7.76. The first-order chi connectivity index (χ1) is 17.4. The summed E-state index contributed by atoms with van der Waals surface area (Å²) in [6.45, 7) is 9.09. The van der Waals surface area contributed by atoms with Gasteiger partial charge in [-0.2, -0.15) is 0 Å². The lowest BCUT2D eigenvalue weighted by Crippen LogP contribution is -2.47. The van der Waals surface area contributed by atoms with Crippen LogP contribution in [0.1, 0.15) is 45.6 Å².